The van der Waals surface area contributed by atoms with Gasteiger partial charge >= 0.3 is 0 Å². The zero-order chi connectivity index (χ0) is 12.4. The average Bonchev–Trinajstić information content (AvgIpc) is 2.74. The van der Waals surface area contributed by atoms with Crippen molar-refractivity contribution >= 4 is 15.9 Å². The zero-order valence-corrected chi connectivity index (χ0v) is 11.6. The van der Waals surface area contributed by atoms with Crippen LogP contribution in [0, 0.1) is 6.92 Å². The van der Waals surface area contributed by atoms with Crippen molar-refractivity contribution in [3.8, 4) is 5.69 Å². The molecule has 0 spiro atoms. The first-order valence-corrected chi connectivity index (χ1v) is 6.42. The molecule has 17 heavy (non-hydrogen) atoms. The molecule has 4 heteroatoms. The first kappa shape index (κ1) is 12.3. The molecule has 1 atom stereocenters. The Morgan fingerprint density at radius 1 is 1.47 bits per heavy atom. The second kappa shape index (κ2) is 5.02. The van der Waals surface area contributed by atoms with Crippen molar-refractivity contribution in [2.24, 2.45) is 5.73 Å². The molecule has 1 heterocycles. The molecule has 2 rings (SSSR count). The number of rotatable bonds is 3. The van der Waals surface area contributed by atoms with Crippen molar-refractivity contribution in [1.29, 1.82) is 0 Å². The summed E-state index contributed by atoms with van der Waals surface area (Å²) in [4.78, 5) is 4.23. The summed E-state index contributed by atoms with van der Waals surface area (Å²) in [6.07, 6.45) is 3.76. The summed E-state index contributed by atoms with van der Waals surface area (Å²) in [6.45, 7) is 4.78. The van der Waals surface area contributed by atoms with Crippen molar-refractivity contribution in [2.75, 3.05) is 6.54 Å². The highest BCUT2D eigenvalue weighted by atomic mass is 79.9. The second-order valence-electron chi connectivity index (χ2n) is 4.19. The lowest BCUT2D eigenvalue weighted by atomic mass is 10.0. The Morgan fingerprint density at radius 2 is 2.24 bits per heavy atom. The lowest BCUT2D eigenvalue weighted by molar-refractivity contribution is 0.772. The minimum absolute atomic E-state index is 0.379. The van der Waals surface area contributed by atoms with Gasteiger partial charge in [0.1, 0.15) is 5.82 Å². The third kappa shape index (κ3) is 2.42. The van der Waals surface area contributed by atoms with Gasteiger partial charge in [0.05, 0.1) is 5.69 Å². The van der Waals surface area contributed by atoms with Crippen LogP contribution >= 0.6 is 15.9 Å². The molecule has 0 saturated heterocycles. The molecule has 0 aliphatic rings. The van der Waals surface area contributed by atoms with E-state index in [1.54, 1.807) is 6.20 Å². The number of aryl methyl sites for hydroxylation is 1. The van der Waals surface area contributed by atoms with Crippen LogP contribution in [-0.2, 0) is 0 Å². The van der Waals surface area contributed by atoms with Crippen LogP contribution in [-0.4, -0.2) is 16.1 Å². The molecule has 1 aromatic carbocycles. The monoisotopic (exact) mass is 293 g/mol. The predicted octanol–water partition coefficient (Wildman–Crippen LogP) is 3.01. The number of hydrogen-bond acceptors (Lipinski definition) is 2. The number of nitrogens with two attached hydrogens (primary N) is 1. The standard InChI is InChI=1S/C13H16BrN3/c1-9(8-15)11-3-4-13(12(14)7-11)17-6-5-16-10(17)2/h3-7,9H,8,15H2,1-2H3. The van der Waals surface area contributed by atoms with Crippen LogP contribution in [0.5, 0.6) is 0 Å². The highest BCUT2D eigenvalue weighted by Crippen LogP contribution is 2.26. The summed E-state index contributed by atoms with van der Waals surface area (Å²) in [5, 5.41) is 0. The molecule has 0 saturated carbocycles. The van der Waals surface area contributed by atoms with E-state index in [1.165, 1.54) is 5.56 Å². The summed E-state index contributed by atoms with van der Waals surface area (Å²) in [6, 6.07) is 6.35. The third-order valence-electron chi connectivity index (χ3n) is 2.98. The fourth-order valence-electron chi connectivity index (χ4n) is 1.79. The molecular formula is C13H16BrN3. The van der Waals surface area contributed by atoms with E-state index in [-0.39, 0.29) is 0 Å². The van der Waals surface area contributed by atoms with E-state index in [2.05, 4.69) is 50.6 Å². The van der Waals surface area contributed by atoms with Crippen molar-refractivity contribution in [3.63, 3.8) is 0 Å². The molecule has 0 radical (unpaired) electrons. The Labute approximate surface area is 110 Å². The molecule has 1 aromatic heterocycles. The summed E-state index contributed by atoms with van der Waals surface area (Å²) < 4.78 is 3.12. The van der Waals surface area contributed by atoms with Crippen molar-refractivity contribution < 1.29 is 0 Å². The maximum atomic E-state index is 5.68. The summed E-state index contributed by atoms with van der Waals surface area (Å²) in [5.74, 6) is 1.36. The largest absolute Gasteiger partial charge is 0.330 e. The molecule has 0 aliphatic heterocycles. The molecule has 0 bridgehead atoms. The van der Waals surface area contributed by atoms with Crippen LogP contribution in [0.3, 0.4) is 0 Å². The van der Waals surface area contributed by atoms with Gasteiger partial charge in [-0.2, -0.15) is 0 Å². The van der Waals surface area contributed by atoms with Crippen LogP contribution < -0.4 is 5.73 Å². The van der Waals surface area contributed by atoms with Crippen molar-refractivity contribution in [3.05, 3.63) is 46.5 Å². The predicted molar refractivity (Wildman–Crippen MR) is 73.5 cm³/mol. The van der Waals surface area contributed by atoms with E-state index in [9.17, 15) is 0 Å². The van der Waals surface area contributed by atoms with Crippen molar-refractivity contribution in [1.82, 2.24) is 9.55 Å². The Kier molecular flexibility index (Phi) is 3.64. The van der Waals surface area contributed by atoms with E-state index in [0.29, 0.717) is 12.5 Å². The summed E-state index contributed by atoms with van der Waals surface area (Å²) in [7, 11) is 0. The van der Waals surface area contributed by atoms with Gasteiger partial charge < -0.3 is 10.3 Å². The van der Waals surface area contributed by atoms with Crippen LogP contribution in [0.1, 0.15) is 24.2 Å². The normalized spacial score (nSPS) is 12.7. The van der Waals surface area contributed by atoms with E-state index in [1.807, 2.05) is 13.1 Å². The fourth-order valence-corrected chi connectivity index (χ4v) is 2.38. The van der Waals surface area contributed by atoms with E-state index in [4.69, 9.17) is 5.73 Å². The van der Waals surface area contributed by atoms with Crippen LogP contribution in [0.2, 0.25) is 0 Å². The Balaban J connectivity index is 2.42. The fraction of sp³-hybridized carbons (Fsp3) is 0.308. The molecule has 1 unspecified atom stereocenters. The van der Waals surface area contributed by atoms with Gasteiger partial charge in [-0.25, -0.2) is 4.98 Å². The minimum Gasteiger partial charge on any atom is -0.330 e. The van der Waals surface area contributed by atoms with Gasteiger partial charge in [0.15, 0.2) is 0 Å². The van der Waals surface area contributed by atoms with Gasteiger partial charge in [0, 0.05) is 16.9 Å². The van der Waals surface area contributed by atoms with Gasteiger partial charge in [0.2, 0.25) is 0 Å². The van der Waals surface area contributed by atoms with E-state index < -0.39 is 0 Å². The summed E-state index contributed by atoms with van der Waals surface area (Å²) in [5.41, 5.74) is 8.04. The van der Waals surface area contributed by atoms with Gasteiger partial charge in [-0.3, -0.25) is 0 Å². The van der Waals surface area contributed by atoms with Gasteiger partial charge in [-0.15, -0.1) is 0 Å². The summed E-state index contributed by atoms with van der Waals surface area (Å²) >= 11 is 3.61. The number of aromatic nitrogens is 2. The quantitative estimate of drug-likeness (QED) is 0.945. The maximum absolute atomic E-state index is 5.68. The molecular weight excluding hydrogens is 278 g/mol. The lowest BCUT2D eigenvalue weighted by Gasteiger charge is -2.13. The van der Waals surface area contributed by atoms with Crippen LogP contribution in [0.4, 0.5) is 0 Å². The highest BCUT2D eigenvalue weighted by Gasteiger charge is 2.09. The Morgan fingerprint density at radius 3 is 2.76 bits per heavy atom. The average molecular weight is 294 g/mol. The van der Waals surface area contributed by atoms with E-state index in [0.717, 1.165) is 16.0 Å². The zero-order valence-electron chi connectivity index (χ0n) is 10.0. The van der Waals surface area contributed by atoms with Gasteiger partial charge in [-0.05, 0) is 53.0 Å². The highest BCUT2D eigenvalue weighted by molar-refractivity contribution is 9.10. The molecule has 2 aromatic rings. The van der Waals surface area contributed by atoms with Crippen molar-refractivity contribution in [2.45, 2.75) is 19.8 Å². The Hall–Kier alpha value is -1.13. The molecule has 90 valence electrons. The third-order valence-corrected chi connectivity index (χ3v) is 3.61. The Bertz CT molecular complexity index is 519. The number of halogens is 1. The molecule has 3 nitrogen and oxygen atoms in total. The minimum atomic E-state index is 0.379. The number of benzene rings is 1. The topological polar surface area (TPSA) is 43.8 Å². The van der Waals surface area contributed by atoms with Crippen LogP contribution in [0.25, 0.3) is 5.69 Å². The van der Waals surface area contributed by atoms with Gasteiger partial charge in [0.25, 0.3) is 0 Å². The van der Waals surface area contributed by atoms with E-state index >= 15 is 0 Å². The number of nitrogens with zero attached hydrogens (tertiary/aromatic N) is 2. The second-order valence-corrected chi connectivity index (χ2v) is 5.05. The smallest absolute Gasteiger partial charge is 0.110 e. The molecule has 0 aliphatic carbocycles. The maximum Gasteiger partial charge on any atom is 0.110 e. The first-order chi connectivity index (χ1) is 8.13. The molecule has 0 fully saturated rings. The SMILES string of the molecule is Cc1nccn1-c1ccc(C(C)CN)cc1Br. The van der Waals surface area contributed by atoms with Crippen LogP contribution in [0.15, 0.2) is 35.1 Å². The molecule has 2 N–H and O–H groups in total. The number of hydrogen-bond donors (Lipinski definition) is 1. The number of imidazole rings is 1. The first-order valence-electron chi connectivity index (χ1n) is 5.63. The van der Waals surface area contributed by atoms with Gasteiger partial charge in [-0.1, -0.05) is 13.0 Å². The lowest BCUT2D eigenvalue weighted by Crippen LogP contribution is -2.09. The molecule has 0 amide bonds.